The molecule has 0 fully saturated rings. The lowest BCUT2D eigenvalue weighted by atomic mass is 9.92. The Morgan fingerprint density at radius 1 is 0.950 bits per heavy atom. The van der Waals surface area contributed by atoms with Crippen LogP contribution in [0.2, 0.25) is 10.0 Å². The average molecular weight is 308 g/mol. The number of halogens is 2. The first kappa shape index (κ1) is 15.4. The van der Waals surface area contributed by atoms with Crippen molar-refractivity contribution in [2.45, 2.75) is 19.3 Å². The second kappa shape index (κ2) is 7.68. The van der Waals surface area contributed by atoms with Gasteiger partial charge in [0, 0.05) is 22.5 Å². The Morgan fingerprint density at radius 3 is 2.20 bits per heavy atom. The van der Waals surface area contributed by atoms with E-state index >= 15 is 0 Å². The van der Waals surface area contributed by atoms with Gasteiger partial charge < -0.3 is 5.32 Å². The largest absolute Gasteiger partial charge is 0.316 e. The highest BCUT2D eigenvalue weighted by Crippen LogP contribution is 2.30. The number of hydrogen-bond donors (Lipinski definition) is 1. The molecule has 0 aromatic heterocycles. The van der Waals surface area contributed by atoms with Crippen molar-refractivity contribution in [2.75, 3.05) is 13.1 Å². The first-order valence-corrected chi connectivity index (χ1v) is 7.66. The lowest BCUT2D eigenvalue weighted by molar-refractivity contribution is 0.595. The van der Waals surface area contributed by atoms with Gasteiger partial charge in [-0.2, -0.15) is 0 Å². The Kier molecular flexibility index (Phi) is 5.90. The van der Waals surface area contributed by atoms with Gasteiger partial charge in [-0.15, -0.1) is 0 Å². The van der Waals surface area contributed by atoms with Crippen molar-refractivity contribution in [3.63, 3.8) is 0 Å². The molecule has 1 nitrogen and oxygen atoms in total. The van der Waals surface area contributed by atoms with E-state index in [1.807, 2.05) is 24.3 Å². The molecule has 2 aromatic rings. The minimum absolute atomic E-state index is 0.369. The molecule has 1 atom stereocenters. The Labute approximate surface area is 130 Å². The molecular formula is C17H19Cl2N. The van der Waals surface area contributed by atoms with Crippen LogP contribution in [0, 0.1) is 0 Å². The van der Waals surface area contributed by atoms with E-state index in [1.54, 1.807) is 0 Å². The van der Waals surface area contributed by atoms with Crippen LogP contribution in [-0.2, 0) is 6.42 Å². The fourth-order valence-electron chi connectivity index (χ4n) is 2.33. The molecule has 3 heteroatoms. The van der Waals surface area contributed by atoms with Crippen molar-refractivity contribution in [3.8, 4) is 0 Å². The summed E-state index contributed by atoms with van der Waals surface area (Å²) in [6.07, 6.45) is 0.843. The third-order valence-electron chi connectivity index (χ3n) is 3.42. The molecule has 20 heavy (non-hydrogen) atoms. The van der Waals surface area contributed by atoms with Gasteiger partial charge in [0.2, 0.25) is 0 Å². The smallest absolute Gasteiger partial charge is 0.0453 e. The molecule has 0 aliphatic carbocycles. The summed E-state index contributed by atoms with van der Waals surface area (Å²) in [5.41, 5.74) is 2.34. The Morgan fingerprint density at radius 2 is 1.60 bits per heavy atom. The summed E-state index contributed by atoms with van der Waals surface area (Å²) >= 11 is 12.6. The number of hydrogen-bond acceptors (Lipinski definition) is 1. The minimum Gasteiger partial charge on any atom is -0.316 e. The van der Waals surface area contributed by atoms with E-state index in [-0.39, 0.29) is 0 Å². The molecule has 0 saturated heterocycles. The summed E-state index contributed by atoms with van der Waals surface area (Å²) in [6.45, 7) is 3.99. The van der Waals surface area contributed by atoms with Crippen LogP contribution >= 0.6 is 23.2 Å². The molecular weight excluding hydrogens is 289 g/mol. The second-order valence-corrected chi connectivity index (χ2v) is 5.63. The summed E-state index contributed by atoms with van der Waals surface area (Å²) in [6, 6.07) is 16.2. The normalized spacial score (nSPS) is 12.3. The number of likely N-dealkylation sites (N-methyl/N-ethyl adjacent to an activating group) is 1. The van der Waals surface area contributed by atoms with Crippen LogP contribution in [-0.4, -0.2) is 13.1 Å². The van der Waals surface area contributed by atoms with Crippen molar-refractivity contribution in [1.82, 2.24) is 5.32 Å². The maximum absolute atomic E-state index is 6.29. The van der Waals surface area contributed by atoms with E-state index in [2.05, 4.69) is 36.5 Å². The molecule has 106 valence electrons. The lowest BCUT2D eigenvalue weighted by Gasteiger charge is -2.19. The van der Waals surface area contributed by atoms with Crippen molar-refractivity contribution in [3.05, 3.63) is 69.7 Å². The van der Waals surface area contributed by atoms with Gasteiger partial charge in [-0.1, -0.05) is 66.5 Å². The molecule has 0 saturated carbocycles. The van der Waals surface area contributed by atoms with Crippen molar-refractivity contribution < 1.29 is 0 Å². The molecule has 0 aliphatic rings. The average Bonchev–Trinajstić information content (AvgIpc) is 2.47. The predicted octanol–water partition coefficient (Wildman–Crippen LogP) is 4.93. The number of rotatable bonds is 6. The maximum atomic E-state index is 6.29. The topological polar surface area (TPSA) is 12.0 Å². The van der Waals surface area contributed by atoms with Crippen LogP contribution in [0.3, 0.4) is 0 Å². The van der Waals surface area contributed by atoms with E-state index in [0.717, 1.165) is 35.1 Å². The monoisotopic (exact) mass is 307 g/mol. The van der Waals surface area contributed by atoms with Crippen LogP contribution < -0.4 is 5.32 Å². The van der Waals surface area contributed by atoms with Crippen LogP contribution in [0.5, 0.6) is 0 Å². The quantitative estimate of drug-likeness (QED) is 0.798. The third kappa shape index (κ3) is 3.99. The molecule has 1 N–H and O–H groups in total. The Hall–Kier alpha value is -1.02. The van der Waals surface area contributed by atoms with E-state index < -0.39 is 0 Å². The second-order valence-electron chi connectivity index (χ2n) is 4.82. The molecule has 0 amide bonds. The predicted molar refractivity (Wildman–Crippen MR) is 87.9 cm³/mol. The minimum atomic E-state index is 0.369. The van der Waals surface area contributed by atoms with Crippen LogP contribution in [0.4, 0.5) is 0 Å². The molecule has 1 unspecified atom stereocenters. The van der Waals surface area contributed by atoms with E-state index in [9.17, 15) is 0 Å². The van der Waals surface area contributed by atoms with Gasteiger partial charge in [0.15, 0.2) is 0 Å². The Bertz CT molecular complexity index is 520. The molecule has 0 aliphatic heterocycles. The zero-order chi connectivity index (χ0) is 14.4. The summed E-state index contributed by atoms with van der Waals surface area (Å²) in [5, 5.41) is 4.91. The van der Waals surface area contributed by atoms with E-state index in [4.69, 9.17) is 23.2 Å². The van der Waals surface area contributed by atoms with E-state index in [1.165, 1.54) is 5.56 Å². The fraction of sp³-hybridized carbons (Fsp3) is 0.294. The van der Waals surface area contributed by atoms with Gasteiger partial charge in [0.1, 0.15) is 0 Å². The van der Waals surface area contributed by atoms with Gasteiger partial charge in [0.25, 0.3) is 0 Å². The van der Waals surface area contributed by atoms with Gasteiger partial charge in [-0.05, 0) is 36.2 Å². The Balaban J connectivity index is 2.24. The van der Waals surface area contributed by atoms with Crippen molar-refractivity contribution in [1.29, 1.82) is 0 Å². The summed E-state index contributed by atoms with van der Waals surface area (Å²) in [7, 11) is 0. The first-order valence-electron chi connectivity index (χ1n) is 6.91. The van der Waals surface area contributed by atoms with Gasteiger partial charge in [-0.25, -0.2) is 0 Å². The molecule has 0 spiro atoms. The molecule has 2 aromatic carbocycles. The highest BCUT2D eigenvalue weighted by atomic mass is 35.5. The van der Waals surface area contributed by atoms with Gasteiger partial charge in [-0.3, -0.25) is 0 Å². The van der Waals surface area contributed by atoms with Crippen molar-refractivity contribution in [2.24, 2.45) is 0 Å². The third-order valence-corrected chi connectivity index (χ3v) is 4.13. The van der Waals surface area contributed by atoms with Crippen LogP contribution in [0.1, 0.15) is 24.0 Å². The van der Waals surface area contributed by atoms with Gasteiger partial charge in [0.05, 0.1) is 0 Å². The lowest BCUT2D eigenvalue weighted by Crippen LogP contribution is -2.22. The maximum Gasteiger partial charge on any atom is 0.0453 e. The summed E-state index contributed by atoms with van der Waals surface area (Å²) < 4.78 is 0. The fourth-order valence-corrected chi connectivity index (χ4v) is 2.88. The standard InChI is InChI=1S/C17H19Cl2N/c1-2-20-12-14(13-7-4-3-5-8-13)11-15-16(18)9-6-10-17(15)19/h3-10,14,20H,2,11-12H2,1H3. The van der Waals surface area contributed by atoms with Crippen molar-refractivity contribution >= 4 is 23.2 Å². The van der Waals surface area contributed by atoms with Crippen LogP contribution in [0.15, 0.2) is 48.5 Å². The zero-order valence-electron chi connectivity index (χ0n) is 11.6. The summed E-state index contributed by atoms with van der Waals surface area (Å²) in [5.74, 6) is 0.369. The highest BCUT2D eigenvalue weighted by Gasteiger charge is 2.15. The van der Waals surface area contributed by atoms with Gasteiger partial charge >= 0.3 is 0 Å². The molecule has 2 rings (SSSR count). The first-order chi connectivity index (χ1) is 9.72. The summed E-state index contributed by atoms with van der Waals surface area (Å²) in [4.78, 5) is 0. The SMILES string of the molecule is CCNCC(Cc1c(Cl)cccc1Cl)c1ccccc1. The number of benzene rings is 2. The van der Waals surface area contributed by atoms with E-state index in [0.29, 0.717) is 5.92 Å². The number of nitrogens with one attached hydrogen (secondary N) is 1. The molecule has 0 radical (unpaired) electrons. The molecule has 0 heterocycles. The molecule has 0 bridgehead atoms. The zero-order valence-corrected chi connectivity index (χ0v) is 13.1. The highest BCUT2D eigenvalue weighted by molar-refractivity contribution is 6.36. The van der Waals surface area contributed by atoms with Crippen LogP contribution in [0.25, 0.3) is 0 Å².